The summed E-state index contributed by atoms with van der Waals surface area (Å²) in [5.41, 5.74) is 0.604. The summed E-state index contributed by atoms with van der Waals surface area (Å²) in [5.74, 6) is 1.04. The van der Waals surface area contributed by atoms with Crippen molar-refractivity contribution in [3.63, 3.8) is 0 Å². The molecule has 3 heteroatoms. The number of rotatable bonds is 1. The third-order valence-electron chi connectivity index (χ3n) is 8.76. The van der Waals surface area contributed by atoms with Crippen LogP contribution in [0.25, 0.3) is 0 Å². The van der Waals surface area contributed by atoms with Gasteiger partial charge in [0.25, 0.3) is 0 Å². The monoisotopic (exact) mass is 332 g/mol. The molecule has 3 nitrogen and oxygen atoms in total. The summed E-state index contributed by atoms with van der Waals surface area (Å²) in [4.78, 5) is 12.2. The number of hydrogen-bond acceptors (Lipinski definition) is 3. The topological polar surface area (TPSA) is 57.5 Å². The average Bonchev–Trinajstić information content (AvgIpc) is 2.80. The Morgan fingerprint density at radius 3 is 2.58 bits per heavy atom. The minimum Gasteiger partial charge on any atom is -0.393 e. The van der Waals surface area contributed by atoms with Gasteiger partial charge in [-0.15, -0.1) is 0 Å². The van der Waals surface area contributed by atoms with E-state index in [-0.39, 0.29) is 34.6 Å². The fourth-order valence-corrected chi connectivity index (χ4v) is 7.26. The van der Waals surface area contributed by atoms with Gasteiger partial charge in [0.2, 0.25) is 0 Å². The molecule has 0 unspecified atom stereocenters. The second-order valence-electron chi connectivity index (χ2n) is 9.57. The van der Waals surface area contributed by atoms with Crippen molar-refractivity contribution >= 4 is 5.78 Å². The van der Waals surface area contributed by atoms with Crippen LogP contribution in [0.3, 0.4) is 0 Å². The van der Waals surface area contributed by atoms with Gasteiger partial charge in [-0.05, 0) is 75.5 Å². The van der Waals surface area contributed by atoms with E-state index in [1.54, 1.807) is 6.92 Å². The quantitative estimate of drug-likeness (QED) is 0.721. The summed E-state index contributed by atoms with van der Waals surface area (Å²) in [6.07, 6.45) is 9.46. The Hall–Kier alpha value is -0.670. The Balaban J connectivity index is 1.72. The van der Waals surface area contributed by atoms with Crippen molar-refractivity contribution in [2.45, 2.75) is 83.8 Å². The first-order valence-electron chi connectivity index (χ1n) is 9.83. The molecule has 0 saturated heterocycles. The van der Waals surface area contributed by atoms with Gasteiger partial charge in [0.05, 0.1) is 11.7 Å². The predicted molar refractivity (Wildman–Crippen MR) is 93.3 cm³/mol. The number of aliphatic hydroxyl groups excluding tert-OH is 1. The van der Waals surface area contributed by atoms with Crippen molar-refractivity contribution in [3.05, 3.63) is 11.6 Å². The van der Waals surface area contributed by atoms with Gasteiger partial charge in [0.15, 0.2) is 0 Å². The lowest BCUT2D eigenvalue weighted by molar-refractivity contribution is -0.181. The number of hydrogen-bond donors (Lipinski definition) is 2. The Bertz CT molecular complexity index is 596. The zero-order valence-electron chi connectivity index (χ0n) is 15.3. The van der Waals surface area contributed by atoms with Gasteiger partial charge in [0, 0.05) is 11.3 Å². The van der Waals surface area contributed by atoms with E-state index < -0.39 is 5.60 Å². The number of fused-ring (bicyclic) bond motifs is 5. The lowest BCUT2D eigenvalue weighted by Gasteiger charge is -2.61. The maximum Gasteiger partial charge on any atom is 0.133 e. The van der Waals surface area contributed by atoms with Crippen LogP contribution in [-0.4, -0.2) is 27.7 Å². The van der Waals surface area contributed by atoms with Crippen LogP contribution in [-0.2, 0) is 4.79 Å². The Kier molecular flexibility index (Phi) is 3.61. The lowest BCUT2D eigenvalue weighted by atomic mass is 9.45. The number of aliphatic hydroxyl groups is 2. The molecule has 0 heterocycles. The van der Waals surface area contributed by atoms with E-state index >= 15 is 0 Å². The predicted octanol–water partition coefficient (Wildman–Crippen LogP) is 3.63. The fourth-order valence-electron chi connectivity index (χ4n) is 7.26. The highest BCUT2D eigenvalue weighted by atomic mass is 16.3. The lowest BCUT2D eigenvalue weighted by Crippen LogP contribution is -2.60. The molecule has 4 aliphatic carbocycles. The van der Waals surface area contributed by atoms with E-state index in [0.29, 0.717) is 5.92 Å². The van der Waals surface area contributed by atoms with Gasteiger partial charge in [-0.3, -0.25) is 4.79 Å². The summed E-state index contributed by atoms with van der Waals surface area (Å²) in [5, 5.41) is 21.9. The Morgan fingerprint density at radius 1 is 1.12 bits per heavy atom. The summed E-state index contributed by atoms with van der Waals surface area (Å²) in [7, 11) is 0. The molecule has 0 aromatic rings. The van der Waals surface area contributed by atoms with Gasteiger partial charge < -0.3 is 10.2 Å². The molecule has 134 valence electrons. The first kappa shape index (κ1) is 16.8. The van der Waals surface area contributed by atoms with Crippen LogP contribution in [0.2, 0.25) is 0 Å². The second-order valence-corrected chi connectivity index (χ2v) is 9.57. The zero-order valence-corrected chi connectivity index (χ0v) is 15.3. The average molecular weight is 332 g/mol. The van der Waals surface area contributed by atoms with Crippen LogP contribution in [0.15, 0.2) is 11.6 Å². The number of Topliss-reactive ketones (excluding diaryl/α,β-unsaturated/α-hetero) is 1. The van der Waals surface area contributed by atoms with Gasteiger partial charge >= 0.3 is 0 Å². The van der Waals surface area contributed by atoms with Crippen molar-refractivity contribution in [2.75, 3.05) is 0 Å². The van der Waals surface area contributed by atoms with E-state index in [1.807, 2.05) is 0 Å². The molecule has 3 saturated carbocycles. The molecule has 0 aliphatic heterocycles. The molecule has 0 radical (unpaired) electrons. The first-order chi connectivity index (χ1) is 11.2. The minimum atomic E-state index is -0.701. The zero-order chi connectivity index (χ0) is 17.3. The van der Waals surface area contributed by atoms with E-state index in [0.717, 1.165) is 51.4 Å². The summed E-state index contributed by atoms with van der Waals surface area (Å²) in [6, 6.07) is 0. The molecular formula is C21H32O3. The molecule has 0 aromatic carbocycles. The number of carbonyl (C=O) groups excluding carboxylic acids is 1. The van der Waals surface area contributed by atoms with Crippen LogP contribution in [0, 0.1) is 28.6 Å². The van der Waals surface area contributed by atoms with Gasteiger partial charge in [-0.1, -0.05) is 25.5 Å². The van der Waals surface area contributed by atoms with Crippen molar-refractivity contribution in [1.29, 1.82) is 0 Å². The second kappa shape index (κ2) is 5.17. The fraction of sp³-hybridized carbons (Fsp3) is 0.857. The third-order valence-corrected chi connectivity index (χ3v) is 8.76. The van der Waals surface area contributed by atoms with Gasteiger partial charge in [0.1, 0.15) is 5.78 Å². The molecule has 0 aromatic heterocycles. The molecule has 4 aliphatic rings. The molecule has 24 heavy (non-hydrogen) atoms. The van der Waals surface area contributed by atoms with Crippen LogP contribution < -0.4 is 0 Å². The normalized spacial score (nSPS) is 53.6. The molecule has 7 atom stereocenters. The Morgan fingerprint density at radius 2 is 1.88 bits per heavy atom. The SMILES string of the molecule is CC(=O)[C@H]1CC[C@]2(O)[C@@H]3CC=C4C[C@@H](O)CC[C@]4(C)[C@@H]3CC[C@]12C. The molecule has 0 amide bonds. The first-order valence-corrected chi connectivity index (χ1v) is 9.83. The van der Waals surface area contributed by atoms with Crippen molar-refractivity contribution in [1.82, 2.24) is 0 Å². The van der Waals surface area contributed by atoms with Crippen molar-refractivity contribution < 1.29 is 15.0 Å². The number of carbonyl (C=O) groups is 1. The van der Waals surface area contributed by atoms with E-state index in [1.165, 1.54) is 5.57 Å². The number of ketones is 1. The smallest absolute Gasteiger partial charge is 0.133 e. The van der Waals surface area contributed by atoms with Gasteiger partial charge in [-0.25, -0.2) is 0 Å². The van der Waals surface area contributed by atoms with Crippen LogP contribution in [0.4, 0.5) is 0 Å². The van der Waals surface area contributed by atoms with Crippen LogP contribution >= 0.6 is 0 Å². The Labute approximate surface area is 145 Å². The molecular weight excluding hydrogens is 300 g/mol. The number of allylic oxidation sites excluding steroid dienone is 1. The summed E-state index contributed by atoms with van der Waals surface area (Å²) in [6.45, 7) is 6.25. The minimum absolute atomic E-state index is 0.0230. The molecule has 4 rings (SSSR count). The van der Waals surface area contributed by atoms with Crippen LogP contribution in [0.5, 0.6) is 0 Å². The molecule has 0 bridgehead atoms. The highest BCUT2D eigenvalue weighted by Gasteiger charge is 2.66. The molecule has 3 fully saturated rings. The summed E-state index contributed by atoms with van der Waals surface area (Å²) < 4.78 is 0. The van der Waals surface area contributed by atoms with Gasteiger partial charge in [-0.2, -0.15) is 0 Å². The van der Waals surface area contributed by atoms with E-state index in [4.69, 9.17) is 0 Å². The highest BCUT2D eigenvalue weighted by Crippen LogP contribution is 2.67. The highest BCUT2D eigenvalue weighted by molar-refractivity contribution is 5.80. The molecule has 0 spiro atoms. The maximum absolute atomic E-state index is 12.2. The van der Waals surface area contributed by atoms with Crippen molar-refractivity contribution in [3.8, 4) is 0 Å². The molecule has 2 N–H and O–H groups in total. The van der Waals surface area contributed by atoms with E-state index in [2.05, 4.69) is 19.9 Å². The summed E-state index contributed by atoms with van der Waals surface area (Å²) >= 11 is 0. The van der Waals surface area contributed by atoms with Crippen molar-refractivity contribution in [2.24, 2.45) is 28.6 Å². The third kappa shape index (κ3) is 1.94. The van der Waals surface area contributed by atoms with Crippen LogP contribution in [0.1, 0.15) is 72.1 Å². The standard InChI is InChI=1S/C21H32O3/c1-13(22)16-8-11-21(24)18-5-4-14-12-15(23)6-9-19(14,2)17(18)7-10-20(16,21)3/h4,15-18,23-24H,5-12H2,1-3H3/t15-,16+,17+,18+,19-,20+,21-/m0/s1. The largest absolute Gasteiger partial charge is 0.393 e. The van der Waals surface area contributed by atoms with E-state index in [9.17, 15) is 15.0 Å². The maximum atomic E-state index is 12.2.